The van der Waals surface area contributed by atoms with Gasteiger partial charge in [-0.2, -0.15) is 37.0 Å². The van der Waals surface area contributed by atoms with Crippen LogP contribution in [0.5, 0.6) is 0 Å². The summed E-state index contributed by atoms with van der Waals surface area (Å²) < 4.78 is 67.8. The predicted octanol–water partition coefficient (Wildman–Crippen LogP) is 7.80. The van der Waals surface area contributed by atoms with Gasteiger partial charge in [-0.1, -0.05) is 12.1 Å². The van der Waals surface area contributed by atoms with Crippen LogP contribution >= 0.6 is 0 Å². The van der Waals surface area contributed by atoms with Crippen LogP contribution in [0.2, 0.25) is 0 Å². The van der Waals surface area contributed by atoms with Crippen LogP contribution in [0.1, 0.15) is 47.4 Å². The van der Waals surface area contributed by atoms with E-state index in [1.54, 1.807) is 48.5 Å². The zero-order valence-corrected chi connectivity index (χ0v) is 32.8. The molecule has 0 atom stereocenters. The van der Waals surface area contributed by atoms with Crippen molar-refractivity contribution in [1.29, 1.82) is 0 Å². The number of carboxylic acids is 2. The fourth-order valence-corrected chi connectivity index (χ4v) is 7.31. The number of carboxylic acid groups (broad SMARTS) is 2. The average molecular weight is 841 g/mol. The van der Waals surface area contributed by atoms with Gasteiger partial charge < -0.3 is 31.5 Å². The van der Waals surface area contributed by atoms with E-state index in [4.69, 9.17) is 9.98 Å². The van der Waals surface area contributed by atoms with Gasteiger partial charge in [0.15, 0.2) is 0 Å². The largest absolute Gasteiger partial charge is 0.478 e. The number of carbonyl (C=O) groups is 2. The van der Waals surface area contributed by atoms with Crippen molar-refractivity contribution in [2.75, 3.05) is 22.5 Å². The van der Waals surface area contributed by atoms with Crippen molar-refractivity contribution >= 4 is 88.9 Å². The fraction of sp³-hybridized carbons (Fsp3) is 0.128. The summed E-state index contributed by atoms with van der Waals surface area (Å²) in [4.78, 5) is 31.3. The number of fused-ring (bicyclic) bond motifs is 1. The maximum Gasteiger partial charge on any atom is 0.335 e. The van der Waals surface area contributed by atoms with Crippen molar-refractivity contribution in [3.05, 3.63) is 120 Å². The van der Waals surface area contributed by atoms with Crippen molar-refractivity contribution in [3.8, 4) is 0 Å². The van der Waals surface area contributed by atoms with Crippen LogP contribution in [0.4, 0.5) is 34.1 Å². The zero-order valence-electron chi connectivity index (χ0n) is 31.2. The van der Waals surface area contributed by atoms with Gasteiger partial charge in [0.25, 0.3) is 20.2 Å². The van der Waals surface area contributed by atoms with Crippen LogP contribution < -0.4 is 21.3 Å². The van der Waals surface area contributed by atoms with E-state index in [9.17, 15) is 45.7 Å². The van der Waals surface area contributed by atoms with Crippen molar-refractivity contribution in [2.24, 2.45) is 20.2 Å². The molecular weight excluding hydrogens is 805 g/mol. The van der Waals surface area contributed by atoms with E-state index in [0.717, 1.165) is 23.8 Å². The Bertz CT molecular complexity index is 2790. The lowest BCUT2D eigenvalue weighted by atomic mass is 10.1. The van der Waals surface area contributed by atoms with Crippen LogP contribution in [-0.2, 0) is 20.2 Å². The minimum absolute atomic E-state index is 0.0906. The molecule has 0 bridgehead atoms. The lowest BCUT2D eigenvalue weighted by molar-refractivity contribution is 0.0696. The molecule has 0 spiro atoms. The molecule has 0 amide bonds. The second-order valence-corrected chi connectivity index (χ2v) is 15.8. The molecule has 0 saturated carbocycles. The highest BCUT2D eigenvalue weighted by Crippen LogP contribution is 2.34. The maximum absolute atomic E-state index is 12.2. The van der Waals surface area contributed by atoms with Crippen LogP contribution in [0.15, 0.2) is 138 Å². The Morgan fingerprint density at radius 3 is 1.81 bits per heavy atom. The number of hydrogen-bond donors (Lipinski definition) is 8. The number of hydrogen-bond acceptors (Lipinski definition) is 14. The van der Waals surface area contributed by atoms with Crippen LogP contribution in [0.25, 0.3) is 10.8 Å². The van der Waals surface area contributed by atoms with Gasteiger partial charge in [-0.05, 0) is 111 Å². The van der Waals surface area contributed by atoms with E-state index in [1.165, 1.54) is 30.3 Å². The Morgan fingerprint density at radius 1 is 0.644 bits per heavy atom. The molecule has 5 aromatic rings. The molecule has 0 saturated heterocycles. The summed E-state index contributed by atoms with van der Waals surface area (Å²) >= 11 is 0. The highest BCUT2D eigenvalue weighted by molar-refractivity contribution is 7.86. The average Bonchev–Trinajstić information content (AvgIpc) is 3.18. The van der Waals surface area contributed by atoms with E-state index in [0.29, 0.717) is 65.4 Å². The number of nitrogens with zero attached hydrogens (tertiary/aromatic N) is 4. The molecule has 1 heterocycles. The van der Waals surface area contributed by atoms with Crippen molar-refractivity contribution in [3.63, 3.8) is 0 Å². The topological polar surface area (TPSA) is 281 Å². The lowest BCUT2D eigenvalue weighted by Crippen LogP contribution is -2.26. The first-order valence-corrected chi connectivity index (χ1v) is 20.5. The molecule has 0 unspecified atom stereocenters. The molecule has 1 aliphatic heterocycles. The SMILES string of the molecule is CCNC1=NC(Nc2ccc(Nc3cc(C(=O)O)cc(C(=O)O)c3)cc2)=C(C)CCC(Nc2ccc(N=Nc3cc(S(=O)(=O)O)c4cccc(S(=O)(=O)O)c4c3)cc2)=N1. The van der Waals surface area contributed by atoms with E-state index in [-0.39, 0.29) is 27.6 Å². The summed E-state index contributed by atoms with van der Waals surface area (Å²) in [5, 5.41) is 39.5. The number of rotatable bonds is 12. The third kappa shape index (κ3) is 10.5. The van der Waals surface area contributed by atoms with E-state index < -0.39 is 42.0 Å². The maximum atomic E-state index is 12.2. The Balaban J connectivity index is 1.16. The molecular formula is C39H36N8O10S2. The molecule has 0 radical (unpaired) electrons. The summed E-state index contributed by atoms with van der Waals surface area (Å²) in [7, 11) is -9.56. The number of amidine groups is 1. The monoisotopic (exact) mass is 840 g/mol. The van der Waals surface area contributed by atoms with Gasteiger partial charge in [0.05, 0.1) is 22.5 Å². The fourth-order valence-electron chi connectivity index (χ4n) is 5.88. The van der Waals surface area contributed by atoms with Crippen LogP contribution in [0, 0.1) is 0 Å². The van der Waals surface area contributed by atoms with Gasteiger partial charge in [0.1, 0.15) is 21.4 Å². The summed E-state index contributed by atoms with van der Waals surface area (Å²) in [5.74, 6) is -0.933. The molecule has 0 fully saturated rings. The molecule has 6 rings (SSSR count). The molecule has 59 heavy (non-hydrogen) atoms. The third-order valence-electron chi connectivity index (χ3n) is 8.69. The van der Waals surface area contributed by atoms with E-state index >= 15 is 0 Å². The number of allylic oxidation sites excluding steroid dienone is 1. The second-order valence-electron chi connectivity index (χ2n) is 13.0. The number of azo groups is 1. The van der Waals surface area contributed by atoms with Gasteiger partial charge >= 0.3 is 11.9 Å². The Labute approximate surface area is 337 Å². The molecule has 0 aromatic heterocycles. The summed E-state index contributed by atoms with van der Waals surface area (Å²) in [6.07, 6.45) is 1.11. The standard InChI is InChI=1S/C39H36N8O10S2/c1-3-40-39-44-35(16-7-22(2)36(45-39)43-27-10-8-25(9-11-27)41-29-18-23(37(48)49)17-24(19-29)38(50)51)42-26-12-14-28(15-13-26)46-47-30-20-32-31(34(21-30)59(55,56)57)5-4-6-33(32)58(52,53)54/h4-6,8-15,17-21,41,43H,3,7,16H2,1-2H3,(H,48,49)(H,50,51)(H,52,53,54)(H,55,56,57)(H2,40,42,44,45). The van der Waals surface area contributed by atoms with Crippen LogP contribution in [-0.4, -0.2) is 66.4 Å². The molecule has 20 heteroatoms. The van der Waals surface area contributed by atoms with Gasteiger partial charge in [-0.25, -0.2) is 9.59 Å². The Kier molecular flexibility index (Phi) is 12.2. The quantitative estimate of drug-likeness (QED) is 0.0440. The number of aliphatic imine (C=N–C) groups is 2. The normalized spacial score (nSPS) is 13.6. The Hall–Kier alpha value is -7.00. The van der Waals surface area contributed by atoms with Gasteiger partial charge in [0.2, 0.25) is 5.96 Å². The highest BCUT2D eigenvalue weighted by atomic mass is 32.2. The number of guanidine groups is 1. The van der Waals surface area contributed by atoms with Crippen molar-refractivity contribution < 1.29 is 45.7 Å². The molecule has 1 aliphatic rings. The smallest absolute Gasteiger partial charge is 0.335 e. The van der Waals surface area contributed by atoms with Crippen molar-refractivity contribution in [1.82, 2.24) is 5.32 Å². The molecule has 18 nitrogen and oxygen atoms in total. The molecule has 5 aromatic carbocycles. The zero-order chi connectivity index (χ0) is 42.5. The summed E-state index contributed by atoms with van der Waals surface area (Å²) in [6, 6.07) is 23.5. The minimum atomic E-state index is -4.81. The van der Waals surface area contributed by atoms with Crippen molar-refractivity contribution in [2.45, 2.75) is 36.5 Å². The first-order chi connectivity index (χ1) is 28.0. The lowest BCUT2D eigenvalue weighted by Gasteiger charge is -2.18. The van der Waals surface area contributed by atoms with Gasteiger partial charge in [0, 0.05) is 46.5 Å². The number of benzene rings is 5. The number of nitrogens with one attached hydrogen (secondary N) is 4. The Morgan fingerprint density at radius 2 is 1.22 bits per heavy atom. The van der Waals surface area contributed by atoms with Gasteiger partial charge in [-0.3, -0.25) is 9.11 Å². The molecule has 304 valence electrons. The van der Waals surface area contributed by atoms with Crippen LogP contribution in [0.3, 0.4) is 0 Å². The first kappa shape index (κ1) is 41.6. The van der Waals surface area contributed by atoms with Gasteiger partial charge in [-0.15, -0.1) is 0 Å². The summed E-state index contributed by atoms with van der Waals surface area (Å²) in [6.45, 7) is 4.39. The second kappa shape index (κ2) is 17.2. The van der Waals surface area contributed by atoms with E-state index in [2.05, 4.69) is 31.5 Å². The predicted molar refractivity (Wildman–Crippen MR) is 222 cm³/mol. The first-order valence-electron chi connectivity index (χ1n) is 17.6. The highest BCUT2D eigenvalue weighted by Gasteiger charge is 2.21. The third-order valence-corrected chi connectivity index (χ3v) is 10.5. The minimum Gasteiger partial charge on any atom is -0.478 e. The molecule has 0 aliphatic carbocycles. The summed E-state index contributed by atoms with van der Waals surface area (Å²) in [5.41, 5.74) is 3.17. The number of aromatic carboxylic acids is 2. The molecule has 8 N–H and O–H groups in total. The van der Waals surface area contributed by atoms with E-state index in [1.807, 2.05) is 13.8 Å². The number of anilines is 4.